The molecule has 0 spiro atoms. The van der Waals surface area contributed by atoms with Gasteiger partial charge in [0.1, 0.15) is 0 Å². The zero-order valence-corrected chi connectivity index (χ0v) is 6.97. The van der Waals surface area contributed by atoms with Crippen LogP contribution in [0.1, 0.15) is 13.3 Å². The van der Waals surface area contributed by atoms with Crippen LogP contribution in [0.2, 0.25) is 0 Å². The molecule has 1 fully saturated rings. The van der Waals surface area contributed by atoms with E-state index < -0.39 is 0 Å². The van der Waals surface area contributed by atoms with Crippen molar-refractivity contribution in [1.29, 1.82) is 0 Å². The van der Waals surface area contributed by atoms with Crippen molar-refractivity contribution in [3.63, 3.8) is 0 Å². The van der Waals surface area contributed by atoms with Gasteiger partial charge in [0, 0.05) is 12.6 Å². The Hall–Kier alpha value is -0.380. The van der Waals surface area contributed by atoms with E-state index in [1.165, 1.54) is 0 Å². The van der Waals surface area contributed by atoms with Gasteiger partial charge in [-0.25, -0.2) is 0 Å². The summed E-state index contributed by atoms with van der Waals surface area (Å²) in [5.74, 6) is 0. The van der Waals surface area contributed by atoms with Crippen molar-refractivity contribution in [2.45, 2.75) is 25.5 Å². The Balaban J connectivity index is 2.06. The fraction of sp³-hybridized carbons (Fsp3) is 0.750. The first kappa shape index (κ1) is 8.71. The molecule has 0 radical (unpaired) electrons. The van der Waals surface area contributed by atoms with Crippen molar-refractivity contribution in [3.05, 3.63) is 12.7 Å². The van der Waals surface area contributed by atoms with Gasteiger partial charge < -0.3 is 5.32 Å². The van der Waals surface area contributed by atoms with E-state index in [0.29, 0.717) is 6.04 Å². The summed E-state index contributed by atoms with van der Waals surface area (Å²) in [5.41, 5.74) is 3.00. The third-order valence-electron chi connectivity index (χ3n) is 1.81. The molecule has 0 aromatic carbocycles. The lowest BCUT2D eigenvalue weighted by Gasteiger charge is -2.13. The monoisotopic (exact) mass is 156 g/mol. The molecule has 3 heteroatoms. The molecular formula is C8H16N2O. The number of hydrogen-bond acceptors (Lipinski definition) is 3. The molecule has 64 valence electrons. The maximum Gasteiger partial charge on any atom is 0.0940 e. The van der Waals surface area contributed by atoms with Crippen LogP contribution in [0.3, 0.4) is 0 Å². The van der Waals surface area contributed by atoms with E-state index in [2.05, 4.69) is 17.4 Å². The van der Waals surface area contributed by atoms with Gasteiger partial charge in [0.25, 0.3) is 0 Å². The standard InChI is InChI=1S/C8H16N2O/c1-3-7(2)11-10-8-4-5-9-6-8/h3,7-10H,1,4-6H2,2H3. The second-order valence-electron chi connectivity index (χ2n) is 2.87. The molecule has 2 unspecified atom stereocenters. The van der Waals surface area contributed by atoms with E-state index in [9.17, 15) is 0 Å². The smallest absolute Gasteiger partial charge is 0.0940 e. The normalized spacial score (nSPS) is 26.8. The minimum absolute atomic E-state index is 0.0931. The molecular weight excluding hydrogens is 140 g/mol. The molecule has 0 aliphatic carbocycles. The molecule has 1 heterocycles. The topological polar surface area (TPSA) is 33.3 Å². The van der Waals surface area contributed by atoms with E-state index in [1.54, 1.807) is 6.08 Å². The molecule has 1 saturated heterocycles. The zero-order chi connectivity index (χ0) is 8.10. The number of hydrogen-bond donors (Lipinski definition) is 2. The lowest BCUT2D eigenvalue weighted by atomic mass is 10.3. The van der Waals surface area contributed by atoms with Crippen LogP contribution in [0.25, 0.3) is 0 Å². The first-order valence-corrected chi connectivity index (χ1v) is 4.07. The van der Waals surface area contributed by atoms with E-state index in [-0.39, 0.29) is 6.10 Å². The summed E-state index contributed by atoms with van der Waals surface area (Å²) < 4.78 is 0. The van der Waals surface area contributed by atoms with Gasteiger partial charge in [0.15, 0.2) is 0 Å². The van der Waals surface area contributed by atoms with E-state index in [0.717, 1.165) is 19.5 Å². The molecule has 0 aromatic rings. The van der Waals surface area contributed by atoms with Crippen molar-refractivity contribution in [1.82, 2.24) is 10.8 Å². The SMILES string of the molecule is C=CC(C)ONC1CCNC1. The molecule has 2 atom stereocenters. The molecule has 3 nitrogen and oxygen atoms in total. The summed E-state index contributed by atoms with van der Waals surface area (Å²) in [6.45, 7) is 7.68. The van der Waals surface area contributed by atoms with Crippen LogP contribution >= 0.6 is 0 Å². The van der Waals surface area contributed by atoms with Gasteiger partial charge >= 0.3 is 0 Å². The molecule has 0 bridgehead atoms. The highest BCUT2D eigenvalue weighted by Crippen LogP contribution is 1.98. The summed E-state index contributed by atoms with van der Waals surface area (Å²) >= 11 is 0. The third kappa shape index (κ3) is 3.01. The van der Waals surface area contributed by atoms with Crippen LogP contribution in [-0.4, -0.2) is 25.2 Å². The molecule has 0 amide bonds. The number of hydroxylamine groups is 1. The first-order chi connectivity index (χ1) is 5.33. The van der Waals surface area contributed by atoms with Crippen LogP contribution in [0.15, 0.2) is 12.7 Å². The van der Waals surface area contributed by atoms with Crippen LogP contribution in [0.5, 0.6) is 0 Å². The summed E-state index contributed by atoms with van der Waals surface area (Å²) in [5, 5.41) is 3.25. The second kappa shape index (κ2) is 4.49. The summed E-state index contributed by atoms with van der Waals surface area (Å²) in [6, 6.07) is 0.470. The van der Waals surface area contributed by atoms with Crippen LogP contribution in [0.4, 0.5) is 0 Å². The predicted molar refractivity (Wildman–Crippen MR) is 45.2 cm³/mol. The van der Waals surface area contributed by atoms with Crippen molar-refractivity contribution in [2.24, 2.45) is 0 Å². The Morgan fingerprint density at radius 1 is 1.82 bits per heavy atom. The van der Waals surface area contributed by atoms with Gasteiger partial charge in [0.05, 0.1) is 6.10 Å². The Morgan fingerprint density at radius 2 is 2.64 bits per heavy atom. The fourth-order valence-electron chi connectivity index (χ4n) is 1.01. The molecule has 2 N–H and O–H groups in total. The molecule has 1 aliphatic heterocycles. The van der Waals surface area contributed by atoms with Gasteiger partial charge in [-0.3, -0.25) is 4.84 Å². The average Bonchev–Trinajstić information content (AvgIpc) is 2.52. The predicted octanol–water partition coefficient (Wildman–Crippen LogP) is 0.444. The van der Waals surface area contributed by atoms with Gasteiger partial charge in [0.2, 0.25) is 0 Å². The van der Waals surface area contributed by atoms with Crippen molar-refractivity contribution in [2.75, 3.05) is 13.1 Å². The lowest BCUT2D eigenvalue weighted by molar-refractivity contribution is -0.00830. The van der Waals surface area contributed by atoms with Gasteiger partial charge in [-0.15, -0.1) is 6.58 Å². The number of nitrogens with one attached hydrogen (secondary N) is 2. The molecule has 0 aromatic heterocycles. The van der Waals surface area contributed by atoms with Crippen LogP contribution < -0.4 is 10.8 Å². The minimum Gasteiger partial charge on any atom is -0.315 e. The third-order valence-corrected chi connectivity index (χ3v) is 1.81. The highest BCUT2D eigenvalue weighted by atomic mass is 16.7. The first-order valence-electron chi connectivity index (χ1n) is 4.07. The maximum atomic E-state index is 5.27. The molecule has 1 aliphatic rings. The van der Waals surface area contributed by atoms with Crippen molar-refractivity contribution >= 4 is 0 Å². The molecule has 1 rings (SSSR count). The quantitative estimate of drug-likeness (QED) is 0.458. The Morgan fingerprint density at radius 3 is 3.18 bits per heavy atom. The summed E-state index contributed by atoms with van der Waals surface area (Å²) in [7, 11) is 0. The van der Waals surface area contributed by atoms with Gasteiger partial charge in [-0.05, 0) is 19.9 Å². The highest BCUT2D eigenvalue weighted by molar-refractivity contribution is 4.77. The highest BCUT2D eigenvalue weighted by Gasteiger charge is 2.13. The maximum absolute atomic E-state index is 5.27. The Labute approximate surface area is 67.8 Å². The van der Waals surface area contributed by atoms with E-state index in [4.69, 9.17) is 4.84 Å². The van der Waals surface area contributed by atoms with Crippen LogP contribution in [0, 0.1) is 0 Å². The Bertz CT molecular complexity index is 121. The molecule has 0 saturated carbocycles. The van der Waals surface area contributed by atoms with Crippen molar-refractivity contribution < 1.29 is 4.84 Å². The summed E-state index contributed by atoms with van der Waals surface area (Å²) in [6.07, 6.45) is 3.01. The average molecular weight is 156 g/mol. The fourth-order valence-corrected chi connectivity index (χ4v) is 1.01. The minimum atomic E-state index is 0.0931. The van der Waals surface area contributed by atoms with Gasteiger partial charge in [-0.2, -0.15) is 5.48 Å². The second-order valence-corrected chi connectivity index (χ2v) is 2.87. The largest absolute Gasteiger partial charge is 0.315 e. The lowest BCUT2D eigenvalue weighted by Crippen LogP contribution is -2.33. The zero-order valence-electron chi connectivity index (χ0n) is 6.97. The molecule has 11 heavy (non-hydrogen) atoms. The van der Waals surface area contributed by atoms with Crippen LogP contribution in [-0.2, 0) is 4.84 Å². The summed E-state index contributed by atoms with van der Waals surface area (Å²) in [4.78, 5) is 5.27. The van der Waals surface area contributed by atoms with Crippen molar-refractivity contribution in [3.8, 4) is 0 Å². The van der Waals surface area contributed by atoms with Gasteiger partial charge in [-0.1, -0.05) is 6.08 Å². The van der Waals surface area contributed by atoms with E-state index in [1.807, 2.05) is 6.92 Å². The Kier molecular flexibility index (Phi) is 3.56. The van der Waals surface area contributed by atoms with E-state index >= 15 is 0 Å². The number of rotatable bonds is 4.